The van der Waals surface area contributed by atoms with Crippen molar-refractivity contribution in [1.29, 1.82) is 0 Å². The maximum absolute atomic E-state index is 11.0. The van der Waals surface area contributed by atoms with Crippen LogP contribution in [0.15, 0.2) is 130 Å². The number of benzene rings is 3. The Kier molecular flexibility index (Phi) is 7.38. The topological polar surface area (TPSA) is 76.2 Å². The highest BCUT2D eigenvalue weighted by Crippen LogP contribution is 2.43. The Bertz CT molecular complexity index is 1660. The molecule has 6 rings (SSSR count). The van der Waals surface area contributed by atoms with Crippen LogP contribution in [-0.2, 0) is 0 Å². The summed E-state index contributed by atoms with van der Waals surface area (Å²) in [6.07, 6.45) is 3.87. The Morgan fingerprint density at radius 3 is 2.20 bits per heavy atom. The number of nitrogens with zero attached hydrogens (tertiary/aromatic N) is 4. The summed E-state index contributed by atoms with van der Waals surface area (Å²) in [7, 11) is 0. The second-order valence-electron chi connectivity index (χ2n) is 9.12. The van der Waals surface area contributed by atoms with Crippen LogP contribution in [0.3, 0.4) is 0 Å². The van der Waals surface area contributed by atoms with Crippen LogP contribution >= 0.6 is 39.9 Å². The predicted octanol–water partition coefficient (Wildman–Crippen LogP) is 7.87. The lowest BCUT2D eigenvalue weighted by molar-refractivity contribution is -0.384. The lowest BCUT2D eigenvalue weighted by Crippen LogP contribution is -2.30. The van der Waals surface area contributed by atoms with Crippen LogP contribution in [0.5, 0.6) is 0 Å². The third-order valence-corrected chi connectivity index (χ3v) is 8.54. The van der Waals surface area contributed by atoms with E-state index in [1.165, 1.54) is 12.1 Å². The molecule has 0 amide bonds. The number of halogens is 1. The summed E-state index contributed by atoms with van der Waals surface area (Å²) in [5.41, 5.74) is 4.07. The van der Waals surface area contributed by atoms with Crippen LogP contribution in [0.25, 0.3) is 5.69 Å². The molecule has 1 saturated heterocycles. The second-order valence-corrected chi connectivity index (χ2v) is 11.6. The van der Waals surface area contributed by atoms with Crippen LogP contribution in [0.1, 0.15) is 23.5 Å². The lowest BCUT2D eigenvalue weighted by Gasteiger charge is -2.29. The summed E-state index contributed by atoms with van der Waals surface area (Å²) in [6, 6.07) is 32.8. The average Bonchev–Trinajstić information content (AvgIpc) is 3.59. The SMILES string of the molecule is O=[N+]([O-])c1ccc(Sc2ccc(N3C(=S)N[C@@H](c4ccccn4)[C@@H]3c3cccn3-c3ccc(Br)cc3)cc2)cc1. The number of non-ortho nitro benzene ring substituents is 1. The molecule has 5 aromatic rings. The largest absolute Gasteiger partial charge is 0.351 e. The Morgan fingerprint density at radius 1 is 0.875 bits per heavy atom. The van der Waals surface area contributed by atoms with E-state index in [9.17, 15) is 10.1 Å². The summed E-state index contributed by atoms with van der Waals surface area (Å²) in [6.45, 7) is 0. The van der Waals surface area contributed by atoms with Gasteiger partial charge in [-0.1, -0.05) is 33.8 Å². The molecule has 0 aliphatic carbocycles. The molecule has 1 aliphatic rings. The Morgan fingerprint density at radius 2 is 1.55 bits per heavy atom. The number of pyridine rings is 1. The Hall–Kier alpha value is -3.99. The van der Waals surface area contributed by atoms with Crippen LogP contribution in [0, 0.1) is 10.1 Å². The van der Waals surface area contributed by atoms with Crippen molar-refractivity contribution in [3.63, 3.8) is 0 Å². The van der Waals surface area contributed by atoms with E-state index >= 15 is 0 Å². The fourth-order valence-corrected chi connectivity index (χ4v) is 6.28. The molecule has 198 valence electrons. The minimum Gasteiger partial charge on any atom is -0.351 e. The highest BCUT2D eigenvalue weighted by atomic mass is 79.9. The molecule has 3 heterocycles. The molecule has 10 heteroatoms. The van der Waals surface area contributed by atoms with Gasteiger partial charge in [-0.2, -0.15) is 0 Å². The van der Waals surface area contributed by atoms with Crippen LogP contribution < -0.4 is 10.2 Å². The van der Waals surface area contributed by atoms with Crippen molar-refractivity contribution in [1.82, 2.24) is 14.9 Å². The standard InChI is InChI=1S/C30H22BrN5O2S2/c31-20-6-8-21(9-7-20)34-19-3-5-27(34)29-28(26-4-1-2-18-32-26)33-30(39)35(29)22-10-14-24(15-11-22)40-25-16-12-23(13-17-25)36(37)38/h1-19,28-29H,(H,33,39)/t28-,29-/m0/s1. The molecule has 3 aromatic carbocycles. The van der Waals surface area contributed by atoms with Gasteiger partial charge in [-0.15, -0.1) is 0 Å². The molecule has 1 N–H and O–H groups in total. The zero-order chi connectivity index (χ0) is 27.6. The Balaban J connectivity index is 1.35. The van der Waals surface area contributed by atoms with Gasteiger partial charge < -0.3 is 14.8 Å². The van der Waals surface area contributed by atoms with Gasteiger partial charge in [0.25, 0.3) is 5.69 Å². The van der Waals surface area contributed by atoms with E-state index < -0.39 is 4.92 Å². The fourth-order valence-electron chi connectivity index (χ4n) is 4.85. The number of rotatable bonds is 7. The number of hydrogen-bond acceptors (Lipinski definition) is 5. The second kappa shape index (κ2) is 11.2. The third kappa shape index (κ3) is 5.25. The van der Waals surface area contributed by atoms with Gasteiger partial charge in [0.2, 0.25) is 0 Å². The summed E-state index contributed by atoms with van der Waals surface area (Å²) >= 11 is 11.0. The molecule has 7 nitrogen and oxygen atoms in total. The van der Waals surface area contributed by atoms with Crippen molar-refractivity contribution in [2.45, 2.75) is 21.9 Å². The number of aromatic nitrogens is 2. The smallest absolute Gasteiger partial charge is 0.269 e. The molecular formula is C30H22BrN5O2S2. The first-order chi connectivity index (χ1) is 19.5. The minimum absolute atomic E-state index is 0.0798. The van der Waals surface area contributed by atoms with Gasteiger partial charge in [0.05, 0.1) is 16.7 Å². The van der Waals surface area contributed by atoms with Gasteiger partial charge in [0.1, 0.15) is 6.04 Å². The van der Waals surface area contributed by atoms with E-state index in [0.29, 0.717) is 5.11 Å². The molecule has 2 atom stereocenters. The number of thiocarbonyl (C=S) groups is 1. The molecule has 0 unspecified atom stereocenters. The van der Waals surface area contributed by atoms with Gasteiger partial charge in [0, 0.05) is 55.9 Å². The first kappa shape index (κ1) is 26.2. The highest BCUT2D eigenvalue weighted by molar-refractivity contribution is 9.10. The minimum atomic E-state index is -0.391. The number of nitro benzene ring substituents is 1. The highest BCUT2D eigenvalue weighted by Gasteiger charge is 2.42. The zero-order valence-electron chi connectivity index (χ0n) is 20.9. The van der Waals surface area contributed by atoms with Crippen LogP contribution in [0.2, 0.25) is 0 Å². The first-order valence-electron chi connectivity index (χ1n) is 12.4. The molecule has 0 spiro atoms. The number of hydrogen-bond donors (Lipinski definition) is 1. The molecule has 40 heavy (non-hydrogen) atoms. The van der Waals surface area contributed by atoms with E-state index in [1.807, 2.05) is 42.5 Å². The van der Waals surface area contributed by atoms with E-state index in [0.717, 1.165) is 37.0 Å². The van der Waals surface area contributed by atoms with Crippen LogP contribution in [-0.4, -0.2) is 19.6 Å². The molecule has 1 aliphatic heterocycles. The summed E-state index contributed by atoms with van der Waals surface area (Å²) in [5.74, 6) is 0. The van der Waals surface area contributed by atoms with Crippen molar-refractivity contribution >= 4 is 56.4 Å². The van der Waals surface area contributed by atoms with Crippen molar-refractivity contribution in [2.24, 2.45) is 0 Å². The number of anilines is 1. The maximum atomic E-state index is 11.0. The predicted molar refractivity (Wildman–Crippen MR) is 165 cm³/mol. The zero-order valence-corrected chi connectivity index (χ0v) is 24.1. The molecular weight excluding hydrogens is 606 g/mol. The lowest BCUT2D eigenvalue weighted by atomic mass is 10.0. The molecule has 0 saturated carbocycles. The molecule has 0 bridgehead atoms. The van der Waals surface area contributed by atoms with Gasteiger partial charge in [-0.3, -0.25) is 15.1 Å². The first-order valence-corrected chi connectivity index (χ1v) is 14.5. The normalized spacial score (nSPS) is 16.6. The van der Waals surface area contributed by atoms with Crippen molar-refractivity contribution < 1.29 is 4.92 Å². The Labute approximate surface area is 249 Å². The maximum Gasteiger partial charge on any atom is 0.269 e. The van der Waals surface area contributed by atoms with Gasteiger partial charge in [0.15, 0.2) is 5.11 Å². The molecule has 0 radical (unpaired) electrons. The molecule has 2 aromatic heterocycles. The monoisotopic (exact) mass is 627 g/mol. The van der Waals surface area contributed by atoms with Crippen LogP contribution in [0.4, 0.5) is 11.4 Å². The average molecular weight is 629 g/mol. The van der Waals surface area contributed by atoms with Gasteiger partial charge in [-0.25, -0.2) is 0 Å². The molecule has 1 fully saturated rings. The van der Waals surface area contributed by atoms with E-state index in [4.69, 9.17) is 12.2 Å². The summed E-state index contributed by atoms with van der Waals surface area (Å²) in [4.78, 5) is 19.3. The van der Waals surface area contributed by atoms with Crippen molar-refractivity contribution in [3.8, 4) is 5.69 Å². The van der Waals surface area contributed by atoms with E-state index in [-0.39, 0.29) is 17.8 Å². The van der Waals surface area contributed by atoms with E-state index in [2.05, 4.69) is 78.3 Å². The number of nitro groups is 1. The summed E-state index contributed by atoms with van der Waals surface area (Å²) < 4.78 is 3.21. The van der Waals surface area contributed by atoms with E-state index in [1.54, 1.807) is 30.1 Å². The third-order valence-electron chi connectivity index (χ3n) is 6.68. The quantitative estimate of drug-likeness (QED) is 0.112. The van der Waals surface area contributed by atoms with Gasteiger partial charge >= 0.3 is 0 Å². The number of nitrogens with one attached hydrogen (secondary N) is 1. The summed E-state index contributed by atoms with van der Waals surface area (Å²) in [5, 5.41) is 15.1. The fraction of sp³-hybridized carbons (Fsp3) is 0.0667. The van der Waals surface area contributed by atoms with Gasteiger partial charge in [-0.05, 0) is 97.1 Å². The van der Waals surface area contributed by atoms with Crippen molar-refractivity contribution in [3.05, 3.63) is 141 Å². The van der Waals surface area contributed by atoms with Crippen molar-refractivity contribution in [2.75, 3.05) is 4.90 Å².